The molecule has 1 aromatic heterocycles. The van der Waals surface area contributed by atoms with Crippen LogP contribution in [0.4, 0.5) is 5.69 Å². The highest BCUT2D eigenvalue weighted by Gasteiger charge is 2.28. The molecule has 0 radical (unpaired) electrons. The molecule has 9 heteroatoms. The van der Waals surface area contributed by atoms with Crippen molar-refractivity contribution >= 4 is 23.4 Å². The molecule has 0 aliphatic carbocycles. The molecule has 35 heavy (non-hydrogen) atoms. The topological polar surface area (TPSA) is 74.9 Å². The van der Waals surface area contributed by atoms with E-state index >= 15 is 0 Å². The van der Waals surface area contributed by atoms with Gasteiger partial charge in [-0.3, -0.25) is 4.79 Å². The molecule has 1 saturated heterocycles. The Labute approximate surface area is 211 Å². The third-order valence-electron chi connectivity index (χ3n) is 5.97. The molecule has 1 fully saturated rings. The molecule has 0 saturated carbocycles. The normalized spacial score (nSPS) is 15.5. The quantitative estimate of drug-likeness (QED) is 0.373. The molecule has 3 aromatic rings. The van der Waals surface area contributed by atoms with Crippen LogP contribution in [0.3, 0.4) is 0 Å². The maximum atomic E-state index is 12.4. The van der Waals surface area contributed by atoms with Gasteiger partial charge in [-0.05, 0) is 56.9 Å². The van der Waals surface area contributed by atoms with Gasteiger partial charge in [0.05, 0.1) is 24.9 Å². The first-order valence-corrected chi connectivity index (χ1v) is 13.0. The molecule has 0 N–H and O–H groups in total. The Balaban J connectivity index is 1.24. The van der Waals surface area contributed by atoms with Crippen LogP contribution in [0.5, 0.6) is 5.75 Å². The first kappa shape index (κ1) is 25.1. The monoisotopic (exact) mass is 495 g/mol. The minimum atomic E-state index is 0.159. The molecule has 186 valence electrons. The van der Waals surface area contributed by atoms with Gasteiger partial charge in [-0.1, -0.05) is 18.2 Å². The number of carbonyl (C=O) groups excluding carboxylic acids is 1. The second-order valence-electron chi connectivity index (χ2n) is 8.89. The lowest BCUT2D eigenvalue weighted by Crippen LogP contribution is -2.43. The molecule has 8 nitrogen and oxygen atoms in total. The van der Waals surface area contributed by atoms with Crippen molar-refractivity contribution in [1.29, 1.82) is 0 Å². The van der Waals surface area contributed by atoms with E-state index in [0.717, 1.165) is 42.3 Å². The van der Waals surface area contributed by atoms with Gasteiger partial charge in [-0.25, -0.2) is 0 Å². The molecular weight excluding hydrogens is 462 g/mol. The number of thioether (sulfide) groups is 1. The lowest BCUT2D eigenvalue weighted by atomic mass is 10.2. The summed E-state index contributed by atoms with van der Waals surface area (Å²) in [5.74, 6) is 3.67. The Morgan fingerprint density at radius 2 is 1.89 bits per heavy atom. The van der Waals surface area contributed by atoms with E-state index in [1.54, 1.807) is 11.8 Å². The van der Waals surface area contributed by atoms with E-state index in [1.807, 2.05) is 73.4 Å². The van der Waals surface area contributed by atoms with Crippen LogP contribution in [0, 0.1) is 0 Å². The van der Waals surface area contributed by atoms with E-state index in [-0.39, 0.29) is 11.9 Å². The third-order valence-corrected chi connectivity index (χ3v) is 6.87. The van der Waals surface area contributed by atoms with Crippen LogP contribution in [0.2, 0.25) is 0 Å². The summed E-state index contributed by atoms with van der Waals surface area (Å²) >= 11 is 1.70. The number of hydrogen-bond acceptors (Lipinski definition) is 8. The fraction of sp³-hybridized carbons (Fsp3) is 0.423. The van der Waals surface area contributed by atoms with Crippen LogP contribution in [0.25, 0.3) is 11.5 Å². The van der Waals surface area contributed by atoms with E-state index in [1.165, 1.54) is 0 Å². The number of hydrogen-bond donors (Lipinski definition) is 0. The molecular formula is C26H33N5O3S. The van der Waals surface area contributed by atoms with Gasteiger partial charge in [0, 0.05) is 37.1 Å². The van der Waals surface area contributed by atoms with E-state index in [4.69, 9.17) is 9.15 Å². The Kier molecular flexibility index (Phi) is 8.65. The highest BCUT2D eigenvalue weighted by atomic mass is 32.2. The van der Waals surface area contributed by atoms with Crippen molar-refractivity contribution in [2.75, 3.05) is 58.0 Å². The van der Waals surface area contributed by atoms with Gasteiger partial charge < -0.3 is 23.9 Å². The largest absolute Gasteiger partial charge is 0.493 e. The summed E-state index contributed by atoms with van der Waals surface area (Å²) in [7, 11) is 5.74. The number of carbonyl (C=O) groups is 1. The van der Waals surface area contributed by atoms with Crippen molar-refractivity contribution in [3.8, 4) is 17.2 Å². The lowest BCUT2D eigenvalue weighted by Gasteiger charge is -2.26. The van der Waals surface area contributed by atoms with E-state index < -0.39 is 0 Å². The fourth-order valence-electron chi connectivity index (χ4n) is 4.02. The summed E-state index contributed by atoms with van der Waals surface area (Å²) in [5, 5.41) is 8.40. The summed E-state index contributed by atoms with van der Waals surface area (Å²) in [4.78, 5) is 18.5. The maximum absolute atomic E-state index is 12.4. The van der Waals surface area contributed by atoms with Crippen LogP contribution in [0.1, 0.15) is 12.3 Å². The zero-order valence-corrected chi connectivity index (χ0v) is 21.4. The zero-order valence-electron chi connectivity index (χ0n) is 20.6. The van der Waals surface area contributed by atoms with Crippen molar-refractivity contribution in [2.45, 2.75) is 18.2 Å². The molecule has 1 amide bonds. The minimum Gasteiger partial charge on any atom is -0.493 e. The third kappa shape index (κ3) is 6.99. The highest BCUT2D eigenvalue weighted by molar-refractivity contribution is 7.98. The molecule has 2 aromatic carbocycles. The standard InChI is InChI=1S/C26H33N5O3S/c1-29(2)18-25(32)30(3)22-13-14-31(17-22)21-11-9-20(10-12-21)26-28-27-24(34-26)19-35-16-15-33-23-7-5-4-6-8-23/h4-12,22H,13-19H2,1-3H3. The Morgan fingerprint density at radius 1 is 1.11 bits per heavy atom. The molecule has 4 rings (SSSR count). The molecule has 1 aliphatic rings. The number of likely N-dealkylation sites (N-methyl/N-ethyl adjacent to an activating group) is 2. The first-order chi connectivity index (χ1) is 17.0. The predicted octanol–water partition coefficient (Wildman–Crippen LogP) is 3.65. The zero-order chi connectivity index (χ0) is 24.6. The number of ether oxygens (including phenoxy) is 1. The number of nitrogens with zero attached hydrogens (tertiary/aromatic N) is 5. The summed E-state index contributed by atoms with van der Waals surface area (Å²) < 4.78 is 11.6. The van der Waals surface area contributed by atoms with Crippen molar-refractivity contribution in [1.82, 2.24) is 20.0 Å². The highest BCUT2D eigenvalue weighted by Crippen LogP contribution is 2.27. The Hall–Kier alpha value is -3.04. The minimum absolute atomic E-state index is 0.159. The average molecular weight is 496 g/mol. The van der Waals surface area contributed by atoms with Gasteiger partial charge in [0.2, 0.25) is 17.7 Å². The lowest BCUT2D eigenvalue weighted by molar-refractivity contribution is -0.132. The first-order valence-electron chi connectivity index (χ1n) is 11.8. The van der Waals surface area contributed by atoms with Crippen LogP contribution < -0.4 is 9.64 Å². The number of benzene rings is 2. The predicted molar refractivity (Wildman–Crippen MR) is 140 cm³/mol. The Bertz CT molecular complexity index is 1070. The summed E-state index contributed by atoms with van der Waals surface area (Å²) in [6.45, 7) is 2.84. The summed E-state index contributed by atoms with van der Waals surface area (Å²) in [6, 6.07) is 18.2. The van der Waals surface area contributed by atoms with Gasteiger partial charge >= 0.3 is 0 Å². The molecule has 0 bridgehead atoms. The van der Waals surface area contributed by atoms with E-state index in [0.29, 0.717) is 30.7 Å². The smallest absolute Gasteiger partial charge is 0.247 e. The van der Waals surface area contributed by atoms with Crippen LogP contribution >= 0.6 is 11.8 Å². The van der Waals surface area contributed by atoms with Crippen molar-refractivity contribution in [3.63, 3.8) is 0 Å². The van der Waals surface area contributed by atoms with Crippen LogP contribution in [0.15, 0.2) is 59.0 Å². The summed E-state index contributed by atoms with van der Waals surface area (Å²) in [5.41, 5.74) is 2.04. The number of rotatable bonds is 11. The maximum Gasteiger partial charge on any atom is 0.247 e. The second-order valence-corrected chi connectivity index (χ2v) is 10.00. The fourth-order valence-corrected chi connectivity index (χ4v) is 4.65. The molecule has 2 heterocycles. The number of anilines is 1. The summed E-state index contributed by atoms with van der Waals surface area (Å²) in [6.07, 6.45) is 0.971. The van der Waals surface area contributed by atoms with Gasteiger partial charge in [-0.15, -0.1) is 22.0 Å². The Morgan fingerprint density at radius 3 is 2.63 bits per heavy atom. The second kappa shape index (κ2) is 12.1. The SMILES string of the molecule is CN(C)CC(=O)N(C)C1CCN(c2ccc(-c3nnc(CSCCOc4ccccc4)o3)cc2)C1. The number of amides is 1. The average Bonchev–Trinajstić information content (AvgIpc) is 3.54. The number of para-hydroxylation sites is 1. The molecule has 1 aliphatic heterocycles. The van der Waals surface area contributed by atoms with E-state index in [2.05, 4.69) is 27.2 Å². The van der Waals surface area contributed by atoms with E-state index in [9.17, 15) is 4.79 Å². The number of aromatic nitrogens is 2. The van der Waals surface area contributed by atoms with Gasteiger partial charge in [0.25, 0.3) is 0 Å². The van der Waals surface area contributed by atoms with Crippen LogP contribution in [-0.4, -0.2) is 85.1 Å². The van der Waals surface area contributed by atoms with Crippen molar-refractivity contribution < 1.29 is 13.9 Å². The molecule has 0 spiro atoms. The molecule has 1 atom stereocenters. The molecule has 1 unspecified atom stereocenters. The van der Waals surface area contributed by atoms with Gasteiger partial charge in [0.15, 0.2) is 0 Å². The van der Waals surface area contributed by atoms with Crippen molar-refractivity contribution in [3.05, 3.63) is 60.5 Å². The van der Waals surface area contributed by atoms with Crippen LogP contribution in [-0.2, 0) is 10.5 Å². The van der Waals surface area contributed by atoms with Gasteiger partial charge in [0.1, 0.15) is 5.75 Å². The van der Waals surface area contributed by atoms with Crippen molar-refractivity contribution in [2.24, 2.45) is 0 Å². The van der Waals surface area contributed by atoms with Gasteiger partial charge in [-0.2, -0.15) is 0 Å².